The highest BCUT2D eigenvalue weighted by Gasteiger charge is 2.27. The van der Waals surface area contributed by atoms with Gasteiger partial charge in [-0.1, -0.05) is 26.0 Å². The van der Waals surface area contributed by atoms with E-state index in [0.29, 0.717) is 0 Å². The minimum Gasteiger partial charge on any atom is -0.481 e. The fraction of sp³-hybridized carbons (Fsp3) is 0.333. The normalized spacial score (nSPS) is 14.2. The molecule has 1 aromatic carbocycles. The van der Waals surface area contributed by atoms with Crippen molar-refractivity contribution in [3.05, 3.63) is 35.6 Å². The first-order valence-electron chi connectivity index (χ1n) is 4.96. The van der Waals surface area contributed by atoms with Crippen LogP contribution in [0.3, 0.4) is 0 Å². The highest BCUT2D eigenvalue weighted by Crippen LogP contribution is 2.19. The molecule has 16 heavy (non-hydrogen) atoms. The van der Waals surface area contributed by atoms with Gasteiger partial charge in [0.15, 0.2) is 5.78 Å². The number of hydrogen-bond acceptors (Lipinski definition) is 2. The number of Topliss-reactive ketones (excluding diaryl/α,β-unsaturated/α-hetero) is 1. The molecule has 0 aliphatic heterocycles. The highest BCUT2D eigenvalue weighted by atomic mass is 19.1. The Kier molecular flexibility index (Phi) is 3.77. The molecule has 0 radical (unpaired) electrons. The summed E-state index contributed by atoms with van der Waals surface area (Å²) in [5.41, 5.74) is -0.0527. The second kappa shape index (κ2) is 4.88. The fourth-order valence-electron chi connectivity index (χ4n) is 1.35. The third-order valence-corrected chi connectivity index (χ3v) is 2.69. The van der Waals surface area contributed by atoms with E-state index in [2.05, 4.69) is 0 Å². The summed E-state index contributed by atoms with van der Waals surface area (Å²) in [5, 5.41) is 8.77. The zero-order valence-electron chi connectivity index (χ0n) is 9.11. The number of aliphatic carboxylic acids is 1. The van der Waals surface area contributed by atoms with Crippen molar-refractivity contribution in [2.75, 3.05) is 0 Å². The Bertz CT molecular complexity index is 414. The van der Waals surface area contributed by atoms with Gasteiger partial charge in [0.1, 0.15) is 5.82 Å². The molecule has 86 valence electrons. The lowest BCUT2D eigenvalue weighted by molar-refractivity contribution is -0.142. The summed E-state index contributed by atoms with van der Waals surface area (Å²) in [6.45, 7) is 2.93. The molecular formula is C12H13FO3. The van der Waals surface area contributed by atoms with Crippen LogP contribution in [0.5, 0.6) is 0 Å². The molecule has 1 rings (SSSR count). The molecule has 2 unspecified atom stereocenters. The minimum atomic E-state index is -1.06. The number of ketones is 1. The molecule has 2 atom stereocenters. The van der Waals surface area contributed by atoms with E-state index in [1.807, 2.05) is 0 Å². The molecule has 0 heterocycles. The third-order valence-electron chi connectivity index (χ3n) is 2.69. The molecule has 0 saturated carbocycles. The van der Waals surface area contributed by atoms with E-state index < -0.39 is 29.4 Å². The van der Waals surface area contributed by atoms with Gasteiger partial charge in [0.2, 0.25) is 0 Å². The van der Waals surface area contributed by atoms with E-state index in [1.54, 1.807) is 6.07 Å². The molecule has 0 aliphatic carbocycles. The first-order valence-corrected chi connectivity index (χ1v) is 4.96. The zero-order chi connectivity index (χ0) is 12.3. The smallest absolute Gasteiger partial charge is 0.306 e. The van der Waals surface area contributed by atoms with Crippen LogP contribution in [0.25, 0.3) is 0 Å². The predicted octanol–water partition coefficient (Wildman–Crippen LogP) is 2.37. The number of benzene rings is 1. The molecule has 1 aromatic rings. The molecular weight excluding hydrogens is 211 g/mol. The van der Waals surface area contributed by atoms with E-state index in [0.717, 1.165) is 0 Å². The molecule has 3 nitrogen and oxygen atoms in total. The molecule has 0 spiro atoms. The third kappa shape index (κ3) is 2.45. The van der Waals surface area contributed by atoms with Crippen LogP contribution in [0.1, 0.15) is 24.2 Å². The van der Waals surface area contributed by atoms with Crippen molar-refractivity contribution < 1.29 is 19.1 Å². The number of carboxylic acids is 1. The maximum absolute atomic E-state index is 13.3. The van der Waals surface area contributed by atoms with Gasteiger partial charge in [-0.05, 0) is 12.1 Å². The van der Waals surface area contributed by atoms with Crippen LogP contribution >= 0.6 is 0 Å². The summed E-state index contributed by atoms with van der Waals surface area (Å²) in [6, 6.07) is 5.58. The first-order chi connectivity index (χ1) is 7.45. The number of halogens is 1. The predicted molar refractivity (Wildman–Crippen MR) is 56.7 cm³/mol. The van der Waals surface area contributed by atoms with E-state index in [9.17, 15) is 14.0 Å². The summed E-state index contributed by atoms with van der Waals surface area (Å²) < 4.78 is 13.3. The Labute approximate surface area is 92.9 Å². The molecule has 0 bridgehead atoms. The van der Waals surface area contributed by atoms with Crippen LogP contribution in [0.4, 0.5) is 4.39 Å². The van der Waals surface area contributed by atoms with Crippen LogP contribution < -0.4 is 0 Å². The molecule has 0 saturated heterocycles. The Morgan fingerprint density at radius 3 is 2.25 bits per heavy atom. The van der Waals surface area contributed by atoms with Gasteiger partial charge in [-0.15, -0.1) is 0 Å². The van der Waals surface area contributed by atoms with E-state index in [1.165, 1.54) is 32.0 Å². The minimum absolute atomic E-state index is 0.0527. The van der Waals surface area contributed by atoms with Gasteiger partial charge in [0.05, 0.1) is 11.5 Å². The van der Waals surface area contributed by atoms with Crippen molar-refractivity contribution in [1.82, 2.24) is 0 Å². The molecule has 0 amide bonds. The quantitative estimate of drug-likeness (QED) is 0.799. The number of carbonyl (C=O) groups is 2. The van der Waals surface area contributed by atoms with Crippen molar-refractivity contribution in [2.24, 2.45) is 11.8 Å². The standard InChI is InChI=1S/C12H13FO3/c1-7(8(2)12(15)16)11(14)9-5-3-4-6-10(9)13/h3-8H,1-2H3,(H,15,16). The van der Waals surface area contributed by atoms with Crippen LogP contribution in [0, 0.1) is 17.7 Å². The van der Waals surface area contributed by atoms with Gasteiger partial charge in [0.25, 0.3) is 0 Å². The lowest BCUT2D eigenvalue weighted by Crippen LogP contribution is -2.25. The number of hydrogen-bond donors (Lipinski definition) is 1. The van der Waals surface area contributed by atoms with Crippen molar-refractivity contribution in [2.45, 2.75) is 13.8 Å². The fourth-order valence-corrected chi connectivity index (χ4v) is 1.35. The zero-order valence-corrected chi connectivity index (χ0v) is 9.11. The molecule has 0 fully saturated rings. The molecule has 0 aromatic heterocycles. The largest absolute Gasteiger partial charge is 0.481 e. The topological polar surface area (TPSA) is 54.4 Å². The van der Waals surface area contributed by atoms with Crippen LogP contribution in [0.2, 0.25) is 0 Å². The molecule has 0 aliphatic rings. The Morgan fingerprint density at radius 1 is 1.19 bits per heavy atom. The highest BCUT2D eigenvalue weighted by molar-refractivity contribution is 5.99. The first kappa shape index (κ1) is 12.4. The number of carbonyl (C=O) groups excluding carboxylic acids is 1. The van der Waals surface area contributed by atoms with Gasteiger partial charge in [-0.3, -0.25) is 9.59 Å². The Hall–Kier alpha value is -1.71. The Balaban J connectivity index is 2.95. The van der Waals surface area contributed by atoms with Crippen molar-refractivity contribution in [1.29, 1.82) is 0 Å². The number of carboxylic acid groups (broad SMARTS) is 1. The lowest BCUT2D eigenvalue weighted by Gasteiger charge is -2.14. The molecule has 1 N–H and O–H groups in total. The SMILES string of the molecule is CC(C(=O)O)C(C)C(=O)c1ccccc1F. The number of rotatable bonds is 4. The lowest BCUT2D eigenvalue weighted by atomic mass is 9.88. The van der Waals surface area contributed by atoms with Crippen molar-refractivity contribution in [3.8, 4) is 0 Å². The maximum Gasteiger partial charge on any atom is 0.306 e. The van der Waals surface area contributed by atoms with Crippen molar-refractivity contribution in [3.63, 3.8) is 0 Å². The van der Waals surface area contributed by atoms with Gasteiger partial charge in [-0.2, -0.15) is 0 Å². The van der Waals surface area contributed by atoms with E-state index in [-0.39, 0.29) is 5.56 Å². The Morgan fingerprint density at radius 2 is 1.75 bits per heavy atom. The van der Waals surface area contributed by atoms with Crippen LogP contribution in [0.15, 0.2) is 24.3 Å². The summed E-state index contributed by atoms with van der Waals surface area (Å²) in [6.07, 6.45) is 0. The van der Waals surface area contributed by atoms with Gasteiger partial charge in [-0.25, -0.2) is 4.39 Å². The monoisotopic (exact) mass is 224 g/mol. The van der Waals surface area contributed by atoms with E-state index in [4.69, 9.17) is 5.11 Å². The summed E-state index contributed by atoms with van der Waals surface area (Å²) in [5.74, 6) is -3.72. The van der Waals surface area contributed by atoms with E-state index >= 15 is 0 Å². The maximum atomic E-state index is 13.3. The van der Waals surface area contributed by atoms with Crippen molar-refractivity contribution >= 4 is 11.8 Å². The summed E-state index contributed by atoms with van der Waals surface area (Å²) in [7, 11) is 0. The van der Waals surface area contributed by atoms with Crippen LogP contribution in [-0.2, 0) is 4.79 Å². The second-order valence-corrected chi connectivity index (χ2v) is 3.76. The van der Waals surface area contributed by atoms with Gasteiger partial charge < -0.3 is 5.11 Å². The average Bonchev–Trinajstić information content (AvgIpc) is 2.26. The molecule has 4 heteroatoms. The second-order valence-electron chi connectivity index (χ2n) is 3.76. The summed E-state index contributed by atoms with van der Waals surface area (Å²) in [4.78, 5) is 22.5. The average molecular weight is 224 g/mol. The van der Waals surface area contributed by atoms with Crippen LogP contribution in [-0.4, -0.2) is 16.9 Å². The van der Waals surface area contributed by atoms with Gasteiger partial charge in [0, 0.05) is 5.92 Å². The van der Waals surface area contributed by atoms with Gasteiger partial charge >= 0.3 is 5.97 Å². The summed E-state index contributed by atoms with van der Waals surface area (Å²) >= 11 is 0.